The molecule has 0 atom stereocenters. The van der Waals surface area contributed by atoms with E-state index in [9.17, 15) is 22.3 Å². The van der Waals surface area contributed by atoms with Gasteiger partial charge < -0.3 is 5.11 Å². The van der Waals surface area contributed by atoms with E-state index in [1.54, 1.807) is 6.92 Å². The average molecular weight is 305 g/mol. The molecule has 1 aliphatic carbocycles. The maximum Gasteiger partial charge on any atom is 0.240 e. The lowest BCUT2D eigenvalue weighted by molar-refractivity contribution is 0.0163. The van der Waals surface area contributed by atoms with Crippen LogP contribution in [0, 0.1) is 11.6 Å². The molecule has 1 aromatic carbocycles. The van der Waals surface area contributed by atoms with E-state index in [0.29, 0.717) is 31.7 Å². The van der Waals surface area contributed by atoms with E-state index in [1.165, 1.54) is 0 Å². The zero-order valence-corrected chi connectivity index (χ0v) is 11.9. The molecule has 0 spiro atoms. The Morgan fingerprint density at radius 3 is 2.40 bits per heavy atom. The predicted molar refractivity (Wildman–Crippen MR) is 69.6 cm³/mol. The summed E-state index contributed by atoms with van der Waals surface area (Å²) in [5, 5.41) is 9.81. The van der Waals surface area contributed by atoms with Crippen LogP contribution in [0.15, 0.2) is 23.1 Å². The summed E-state index contributed by atoms with van der Waals surface area (Å²) in [6.07, 6.45) is 2.02. The maximum absolute atomic E-state index is 13.1. The van der Waals surface area contributed by atoms with Crippen molar-refractivity contribution in [2.45, 2.75) is 49.1 Å². The number of aliphatic hydroxyl groups is 1. The van der Waals surface area contributed by atoms with Gasteiger partial charge in [0.1, 0.15) is 0 Å². The summed E-state index contributed by atoms with van der Waals surface area (Å²) in [4.78, 5) is -0.297. The smallest absolute Gasteiger partial charge is 0.240 e. The van der Waals surface area contributed by atoms with Crippen molar-refractivity contribution in [1.29, 1.82) is 0 Å². The lowest BCUT2D eigenvalue weighted by Gasteiger charge is -2.33. The largest absolute Gasteiger partial charge is 0.390 e. The third-order valence-electron chi connectivity index (χ3n) is 3.59. The summed E-state index contributed by atoms with van der Waals surface area (Å²) in [5.41, 5.74) is -0.760. The van der Waals surface area contributed by atoms with Crippen LogP contribution in [-0.2, 0) is 10.0 Å². The Labute approximate surface area is 116 Å². The van der Waals surface area contributed by atoms with Gasteiger partial charge in [0.2, 0.25) is 10.0 Å². The second kappa shape index (κ2) is 5.38. The van der Waals surface area contributed by atoms with Crippen LogP contribution in [0.2, 0.25) is 0 Å². The van der Waals surface area contributed by atoms with Crippen LogP contribution in [0.5, 0.6) is 0 Å². The number of hydrogen-bond donors (Lipinski definition) is 2. The van der Waals surface area contributed by atoms with E-state index >= 15 is 0 Å². The van der Waals surface area contributed by atoms with E-state index in [-0.39, 0.29) is 10.9 Å². The number of rotatable bonds is 3. The van der Waals surface area contributed by atoms with E-state index in [1.807, 2.05) is 0 Å². The van der Waals surface area contributed by atoms with Crippen LogP contribution in [-0.4, -0.2) is 25.2 Å². The Morgan fingerprint density at radius 1 is 1.25 bits per heavy atom. The van der Waals surface area contributed by atoms with Gasteiger partial charge in [0.25, 0.3) is 0 Å². The Balaban J connectivity index is 2.10. The van der Waals surface area contributed by atoms with Crippen molar-refractivity contribution < 1.29 is 22.3 Å². The molecule has 2 N–H and O–H groups in total. The van der Waals surface area contributed by atoms with E-state index in [2.05, 4.69) is 4.72 Å². The van der Waals surface area contributed by atoms with Crippen molar-refractivity contribution in [3.8, 4) is 0 Å². The molecule has 2 rings (SSSR count). The number of nitrogens with one attached hydrogen (secondary N) is 1. The zero-order valence-electron chi connectivity index (χ0n) is 11.1. The molecule has 0 aromatic heterocycles. The lowest BCUT2D eigenvalue weighted by Crippen LogP contribution is -2.42. The molecular formula is C13H17F2NO3S. The van der Waals surface area contributed by atoms with Gasteiger partial charge in [0.15, 0.2) is 11.6 Å². The van der Waals surface area contributed by atoms with Crippen molar-refractivity contribution in [2.24, 2.45) is 0 Å². The van der Waals surface area contributed by atoms with Gasteiger partial charge in [0.05, 0.1) is 10.5 Å². The SMILES string of the molecule is CC1(O)CCC(NS(=O)(=O)c2ccc(F)c(F)c2)CC1. The van der Waals surface area contributed by atoms with Crippen LogP contribution in [0.1, 0.15) is 32.6 Å². The monoisotopic (exact) mass is 305 g/mol. The highest BCUT2D eigenvalue weighted by molar-refractivity contribution is 7.89. The van der Waals surface area contributed by atoms with Crippen LogP contribution in [0.3, 0.4) is 0 Å². The third-order valence-corrected chi connectivity index (χ3v) is 5.10. The Hall–Kier alpha value is -1.05. The lowest BCUT2D eigenvalue weighted by atomic mass is 9.84. The molecule has 0 aliphatic heterocycles. The minimum atomic E-state index is -3.87. The first-order valence-corrected chi connectivity index (χ1v) is 7.88. The third kappa shape index (κ3) is 3.53. The fraction of sp³-hybridized carbons (Fsp3) is 0.538. The summed E-state index contributed by atoms with van der Waals surface area (Å²) in [6.45, 7) is 1.72. The maximum atomic E-state index is 13.1. The van der Waals surface area contributed by atoms with Crippen LogP contribution < -0.4 is 4.72 Å². The first-order valence-electron chi connectivity index (χ1n) is 6.39. The first kappa shape index (κ1) is 15.3. The van der Waals surface area contributed by atoms with Crippen molar-refractivity contribution >= 4 is 10.0 Å². The molecule has 1 saturated carbocycles. The number of hydrogen-bond acceptors (Lipinski definition) is 3. The molecule has 0 heterocycles. The summed E-state index contributed by atoms with van der Waals surface area (Å²) < 4.78 is 52.5. The fourth-order valence-corrected chi connectivity index (χ4v) is 3.61. The van der Waals surface area contributed by atoms with Crippen molar-refractivity contribution in [1.82, 2.24) is 4.72 Å². The Morgan fingerprint density at radius 2 is 1.85 bits per heavy atom. The average Bonchev–Trinajstić information content (AvgIpc) is 2.35. The number of halogens is 2. The molecule has 1 fully saturated rings. The normalized spacial score (nSPS) is 27.5. The molecular weight excluding hydrogens is 288 g/mol. The van der Waals surface area contributed by atoms with Gasteiger partial charge in [-0.3, -0.25) is 0 Å². The summed E-state index contributed by atoms with van der Waals surface area (Å²) in [5.74, 6) is -2.28. The quantitative estimate of drug-likeness (QED) is 0.897. The van der Waals surface area contributed by atoms with Gasteiger partial charge >= 0.3 is 0 Å². The van der Waals surface area contributed by atoms with Crippen molar-refractivity contribution in [3.05, 3.63) is 29.8 Å². The molecule has 0 bridgehead atoms. The van der Waals surface area contributed by atoms with E-state index in [0.717, 1.165) is 12.1 Å². The molecule has 20 heavy (non-hydrogen) atoms. The van der Waals surface area contributed by atoms with Crippen LogP contribution >= 0.6 is 0 Å². The highest BCUT2D eigenvalue weighted by atomic mass is 32.2. The Bertz CT molecular complexity index is 592. The van der Waals surface area contributed by atoms with E-state index in [4.69, 9.17) is 0 Å². The standard InChI is InChI=1S/C13H17F2NO3S/c1-13(17)6-4-9(5-7-13)16-20(18,19)10-2-3-11(14)12(15)8-10/h2-3,8-9,16-17H,4-7H2,1H3. The van der Waals surface area contributed by atoms with Gasteiger partial charge in [-0.25, -0.2) is 21.9 Å². The van der Waals surface area contributed by atoms with Gasteiger partial charge in [0, 0.05) is 6.04 Å². The summed E-state index contributed by atoms with van der Waals surface area (Å²) in [7, 11) is -3.87. The number of sulfonamides is 1. The van der Waals surface area contributed by atoms with Crippen LogP contribution in [0.4, 0.5) is 8.78 Å². The number of benzene rings is 1. The second-order valence-electron chi connectivity index (χ2n) is 5.47. The molecule has 1 aliphatic rings. The minimum absolute atomic E-state index is 0.297. The minimum Gasteiger partial charge on any atom is -0.390 e. The highest BCUT2D eigenvalue weighted by Gasteiger charge is 2.31. The van der Waals surface area contributed by atoms with Gasteiger partial charge in [-0.15, -0.1) is 0 Å². The second-order valence-corrected chi connectivity index (χ2v) is 7.18. The van der Waals surface area contributed by atoms with Crippen LogP contribution in [0.25, 0.3) is 0 Å². The molecule has 0 amide bonds. The molecule has 1 aromatic rings. The van der Waals surface area contributed by atoms with Gasteiger partial charge in [-0.2, -0.15) is 0 Å². The summed E-state index contributed by atoms with van der Waals surface area (Å²) >= 11 is 0. The van der Waals surface area contributed by atoms with E-state index < -0.39 is 27.3 Å². The Kier molecular flexibility index (Phi) is 4.13. The van der Waals surface area contributed by atoms with Crippen molar-refractivity contribution in [3.63, 3.8) is 0 Å². The molecule has 0 radical (unpaired) electrons. The molecule has 112 valence electrons. The molecule has 0 unspecified atom stereocenters. The predicted octanol–water partition coefficient (Wildman–Crippen LogP) is 1.94. The van der Waals surface area contributed by atoms with Gasteiger partial charge in [-0.1, -0.05) is 0 Å². The van der Waals surface area contributed by atoms with Crippen molar-refractivity contribution in [2.75, 3.05) is 0 Å². The topological polar surface area (TPSA) is 66.4 Å². The fourth-order valence-electron chi connectivity index (χ4n) is 2.29. The summed E-state index contributed by atoms with van der Waals surface area (Å²) in [6, 6.07) is 2.18. The van der Waals surface area contributed by atoms with Gasteiger partial charge in [-0.05, 0) is 50.8 Å². The zero-order chi connectivity index (χ0) is 15.0. The molecule has 7 heteroatoms. The molecule has 4 nitrogen and oxygen atoms in total. The highest BCUT2D eigenvalue weighted by Crippen LogP contribution is 2.28. The molecule has 0 saturated heterocycles. The first-order chi connectivity index (χ1) is 9.20.